The van der Waals surface area contributed by atoms with Crippen LogP contribution in [0.3, 0.4) is 0 Å². The molecule has 0 saturated heterocycles. The number of aromatic nitrogens is 1. The average molecular weight is 329 g/mol. The van der Waals surface area contributed by atoms with Crippen LogP contribution in [0, 0.1) is 0 Å². The van der Waals surface area contributed by atoms with Crippen molar-refractivity contribution < 1.29 is 4.79 Å². The predicted molar refractivity (Wildman–Crippen MR) is 79.0 cm³/mol. The van der Waals surface area contributed by atoms with Crippen molar-refractivity contribution >= 4 is 33.6 Å². The van der Waals surface area contributed by atoms with Gasteiger partial charge in [-0.2, -0.15) is 11.8 Å². The molecule has 0 aromatic carbocycles. The molecule has 0 aliphatic heterocycles. The molecular formula is C13H17BrN2OS. The smallest absolute Gasteiger partial charge is 0.253 e. The highest BCUT2D eigenvalue weighted by molar-refractivity contribution is 9.10. The van der Waals surface area contributed by atoms with Crippen molar-refractivity contribution in [1.29, 1.82) is 0 Å². The van der Waals surface area contributed by atoms with Crippen LogP contribution < -0.4 is 5.32 Å². The summed E-state index contributed by atoms with van der Waals surface area (Å²) in [5.41, 5.74) is 0.621. The van der Waals surface area contributed by atoms with E-state index >= 15 is 0 Å². The number of halogens is 1. The van der Waals surface area contributed by atoms with E-state index in [1.807, 2.05) is 11.8 Å². The second kappa shape index (κ2) is 6.57. The number of nitrogens with one attached hydrogen (secondary N) is 1. The van der Waals surface area contributed by atoms with E-state index in [0.29, 0.717) is 16.9 Å². The van der Waals surface area contributed by atoms with E-state index in [-0.39, 0.29) is 5.91 Å². The van der Waals surface area contributed by atoms with Gasteiger partial charge in [0, 0.05) is 28.2 Å². The number of carbonyl (C=O) groups is 1. The Bertz CT molecular complexity index is 427. The highest BCUT2D eigenvalue weighted by atomic mass is 79.9. The Hall–Kier alpha value is -0.550. The Labute approximate surface area is 120 Å². The standard InChI is InChI=1S/C13H17BrN2OS/c1-2-18-12-4-3-11(6-12)16-13(17)9-5-10(14)8-15-7-9/h5,7-8,11-12H,2-4,6H2,1H3,(H,16,17). The third-order valence-corrected chi connectivity index (χ3v) is 4.76. The first kappa shape index (κ1) is 13.9. The highest BCUT2D eigenvalue weighted by Gasteiger charge is 2.25. The van der Waals surface area contributed by atoms with E-state index in [2.05, 4.69) is 33.2 Å². The van der Waals surface area contributed by atoms with Crippen LogP contribution in [-0.2, 0) is 0 Å². The molecule has 0 bridgehead atoms. The lowest BCUT2D eigenvalue weighted by Gasteiger charge is -2.13. The number of carbonyl (C=O) groups excluding carboxylic acids is 1. The molecule has 1 amide bonds. The predicted octanol–water partition coefficient (Wildman–Crippen LogP) is 3.25. The molecule has 2 unspecified atom stereocenters. The van der Waals surface area contributed by atoms with Gasteiger partial charge in [-0.05, 0) is 47.0 Å². The maximum absolute atomic E-state index is 12.0. The normalized spacial score (nSPS) is 23.0. The summed E-state index contributed by atoms with van der Waals surface area (Å²) in [6.45, 7) is 2.18. The summed E-state index contributed by atoms with van der Waals surface area (Å²) in [5, 5.41) is 3.81. The first-order valence-corrected chi connectivity index (χ1v) is 8.06. The van der Waals surface area contributed by atoms with Crippen LogP contribution in [0.2, 0.25) is 0 Å². The van der Waals surface area contributed by atoms with E-state index < -0.39 is 0 Å². The van der Waals surface area contributed by atoms with Gasteiger partial charge in [0.25, 0.3) is 5.91 Å². The summed E-state index contributed by atoms with van der Waals surface area (Å²) < 4.78 is 0.834. The number of pyridine rings is 1. The summed E-state index contributed by atoms with van der Waals surface area (Å²) in [6, 6.07) is 2.12. The number of rotatable bonds is 4. The van der Waals surface area contributed by atoms with Crippen molar-refractivity contribution in [2.75, 3.05) is 5.75 Å². The maximum Gasteiger partial charge on any atom is 0.253 e. The molecule has 1 heterocycles. The van der Waals surface area contributed by atoms with Crippen LogP contribution in [0.1, 0.15) is 36.5 Å². The van der Waals surface area contributed by atoms with Crippen LogP contribution in [0.15, 0.2) is 22.9 Å². The second-order valence-corrected chi connectivity index (χ2v) is 6.95. The zero-order valence-corrected chi connectivity index (χ0v) is 12.8. The summed E-state index contributed by atoms with van der Waals surface area (Å²) in [6.07, 6.45) is 6.67. The second-order valence-electron chi connectivity index (χ2n) is 4.45. The minimum absolute atomic E-state index is 0.0176. The van der Waals surface area contributed by atoms with E-state index in [1.165, 1.54) is 6.42 Å². The van der Waals surface area contributed by atoms with Crippen LogP contribution in [-0.4, -0.2) is 27.9 Å². The molecule has 3 nitrogen and oxygen atoms in total. The molecule has 2 atom stereocenters. The fourth-order valence-electron chi connectivity index (χ4n) is 2.26. The molecule has 2 rings (SSSR count). The fraction of sp³-hybridized carbons (Fsp3) is 0.538. The van der Waals surface area contributed by atoms with Crippen LogP contribution in [0.5, 0.6) is 0 Å². The Morgan fingerprint density at radius 2 is 2.39 bits per heavy atom. The number of hydrogen-bond donors (Lipinski definition) is 1. The van der Waals surface area contributed by atoms with E-state index in [1.54, 1.807) is 18.5 Å². The van der Waals surface area contributed by atoms with Gasteiger partial charge in [0.2, 0.25) is 0 Å². The average Bonchev–Trinajstić information content (AvgIpc) is 2.77. The van der Waals surface area contributed by atoms with E-state index in [9.17, 15) is 4.79 Å². The van der Waals surface area contributed by atoms with E-state index in [0.717, 1.165) is 23.1 Å². The lowest BCUT2D eigenvalue weighted by Crippen LogP contribution is -2.33. The minimum Gasteiger partial charge on any atom is -0.349 e. The van der Waals surface area contributed by atoms with Gasteiger partial charge in [0.1, 0.15) is 0 Å². The van der Waals surface area contributed by atoms with Crippen LogP contribution in [0.4, 0.5) is 0 Å². The highest BCUT2D eigenvalue weighted by Crippen LogP contribution is 2.29. The van der Waals surface area contributed by atoms with Gasteiger partial charge in [-0.25, -0.2) is 0 Å². The molecule has 98 valence electrons. The van der Waals surface area contributed by atoms with Crippen molar-refractivity contribution in [3.8, 4) is 0 Å². The number of nitrogens with zero attached hydrogens (tertiary/aromatic N) is 1. The maximum atomic E-state index is 12.0. The van der Waals surface area contributed by atoms with Gasteiger partial charge in [0.05, 0.1) is 5.56 Å². The van der Waals surface area contributed by atoms with Crippen LogP contribution >= 0.6 is 27.7 Å². The van der Waals surface area contributed by atoms with Crippen molar-refractivity contribution in [1.82, 2.24) is 10.3 Å². The number of amides is 1. The molecule has 1 fully saturated rings. The molecular weight excluding hydrogens is 312 g/mol. The van der Waals surface area contributed by atoms with Gasteiger partial charge >= 0.3 is 0 Å². The first-order valence-electron chi connectivity index (χ1n) is 6.22. The fourth-order valence-corrected chi connectivity index (χ4v) is 3.77. The quantitative estimate of drug-likeness (QED) is 0.922. The summed E-state index contributed by atoms with van der Waals surface area (Å²) >= 11 is 5.32. The zero-order valence-electron chi connectivity index (χ0n) is 10.4. The molecule has 1 aromatic heterocycles. The number of thioether (sulfide) groups is 1. The summed E-state index contributed by atoms with van der Waals surface area (Å²) in [7, 11) is 0. The van der Waals surface area contributed by atoms with Gasteiger partial charge in [-0.3, -0.25) is 9.78 Å². The monoisotopic (exact) mass is 328 g/mol. The zero-order chi connectivity index (χ0) is 13.0. The lowest BCUT2D eigenvalue weighted by atomic mass is 10.2. The summed E-state index contributed by atoms with van der Waals surface area (Å²) in [4.78, 5) is 16.1. The minimum atomic E-state index is -0.0176. The number of hydrogen-bond acceptors (Lipinski definition) is 3. The molecule has 1 aliphatic rings. The van der Waals surface area contributed by atoms with Gasteiger partial charge in [-0.15, -0.1) is 0 Å². The third kappa shape index (κ3) is 3.72. The molecule has 1 aromatic rings. The lowest BCUT2D eigenvalue weighted by molar-refractivity contribution is 0.0937. The molecule has 1 saturated carbocycles. The van der Waals surface area contributed by atoms with Crippen molar-refractivity contribution in [2.24, 2.45) is 0 Å². The molecule has 5 heteroatoms. The Kier molecular flexibility index (Phi) is 5.06. The first-order chi connectivity index (χ1) is 8.69. The Morgan fingerprint density at radius 3 is 3.11 bits per heavy atom. The molecule has 1 N–H and O–H groups in total. The topological polar surface area (TPSA) is 42.0 Å². The summed E-state index contributed by atoms with van der Waals surface area (Å²) in [5.74, 6) is 1.14. The molecule has 0 radical (unpaired) electrons. The molecule has 18 heavy (non-hydrogen) atoms. The SMILES string of the molecule is CCSC1CCC(NC(=O)c2cncc(Br)c2)C1. The van der Waals surface area contributed by atoms with Gasteiger partial charge in [-0.1, -0.05) is 6.92 Å². The van der Waals surface area contributed by atoms with E-state index in [4.69, 9.17) is 0 Å². The molecule has 0 spiro atoms. The van der Waals surface area contributed by atoms with Crippen molar-refractivity contribution in [3.05, 3.63) is 28.5 Å². The van der Waals surface area contributed by atoms with Crippen LogP contribution in [0.25, 0.3) is 0 Å². The van der Waals surface area contributed by atoms with Crippen molar-refractivity contribution in [3.63, 3.8) is 0 Å². The van der Waals surface area contributed by atoms with Crippen molar-refractivity contribution in [2.45, 2.75) is 37.5 Å². The Balaban J connectivity index is 1.89. The largest absolute Gasteiger partial charge is 0.349 e. The molecule has 1 aliphatic carbocycles. The Morgan fingerprint density at radius 1 is 1.56 bits per heavy atom. The van der Waals surface area contributed by atoms with Gasteiger partial charge < -0.3 is 5.32 Å². The van der Waals surface area contributed by atoms with Gasteiger partial charge in [0.15, 0.2) is 0 Å². The third-order valence-electron chi connectivity index (χ3n) is 3.09.